The molecule has 1 N–H and O–H groups in total. The summed E-state index contributed by atoms with van der Waals surface area (Å²) in [5.41, 5.74) is 0.933. The highest BCUT2D eigenvalue weighted by atomic mass is 16.5. The highest BCUT2D eigenvalue weighted by Crippen LogP contribution is 2.30. The van der Waals surface area contributed by atoms with Gasteiger partial charge in [-0.2, -0.15) is 0 Å². The number of anilines is 2. The lowest BCUT2D eigenvalue weighted by Crippen LogP contribution is -2.39. The van der Waals surface area contributed by atoms with Gasteiger partial charge in [0.1, 0.15) is 12.4 Å². The van der Waals surface area contributed by atoms with E-state index in [1.807, 2.05) is 29.2 Å². The normalized spacial score (nSPS) is 13.3. The first kappa shape index (κ1) is 12.4. The van der Waals surface area contributed by atoms with Crippen LogP contribution in [0.5, 0.6) is 5.75 Å². The molecule has 0 atom stereocenters. The first-order chi connectivity index (χ1) is 9.83. The van der Waals surface area contributed by atoms with Crippen molar-refractivity contribution in [1.82, 2.24) is 9.97 Å². The third kappa shape index (κ3) is 2.69. The number of para-hydroxylation sites is 2. The summed E-state index contributed by atoms with van der Waals surface area (Å²) in [4.78, 5) is 21.9. The SMILES string of the molecule is O=C(CN1CCOc2ccccc21)Nc1ncccn1. The van der Waals surface area contributed by atoms with E-state index in [0.29, 0.717) is 19.1 Å². The molecule has 0 aliphatic carbocycles. The molecule has 2 aromatic rings. The highest BCUT2D eigenvalue weighted by molar-refractivity contribution is 5.92. The summed E-state index contributed by atoms with van der Waals surface area (Å²) in [7, 11) is 0. The molecule has 3 rings (SSSR count). The zero-order valence-corrected chi connectivity index (χ0v) is 10.8. The van der Waals surface area contributed by atoms with E-state index in [9.17, 15) is 4.79 Å². The molecule has 1 aromatic carbocycles. The van der Waals surface area contributed by atoms with Gasteiger partial charge in [-0.15, -0.1) is 0 Å². The number of aromatic nitrogens is 2. The fraction of sp³-hybridized carbons (Fsp3) is 0.214. The summed E-state index contributed by atoms with van der Waals surface area (Å²) in [6.07, 6.45) is 3.18. The molecule has 0 radical (unpaired) electrons. The van der Waals surface area contributed by atoms with Crippen LogP contribution in [0.3, 0.4) is 0 Å². The number of nitrogens with zero attached hydrogens (tertiary/aromatic N) is 3. The molecule has 1 amide bonds. The Morgan fingerprint density at radius 2 is 2.05 bits per heavy atom. The van der Waals surface area contributed by atoms with Gasteiger partial charge in [0.25, 0.3) is 0 Å². The zero-order valence-electron chi connectivity index (χ0n) is 10.8. The predicted molar refractivity (Wildman–Crippen MR) is 74.8 cm³/mol. The van der Waals surface area contributed by atoms with Crippen LogP contribution in [0.4, 0.5) is 11.6 Å². The molecular weight excluding hydrogens is 256 g/mol. The van der Waals surface area contributed by atoms with Crippen molar-refractivity contribution in [2.75, 3.05) is 29.9 Å². The monoisotopic (exact) mass is 270 g/mol. The van der Waals surface area contributed by atoms with Gasteiger partial charge >= 0.3 is 0 Å². The van der Waals surface area contributed by atoms with Crippen LogP contribution in [-0.4, -0.2) is 35.6 Å². The Balaban J connectivity index is 1.68. The third-order valence-electron chi connectivity index (χ3n) is 2.98. The van der Waals surface area contributed by atoms with Crippen molar-refractivity contribution in [2.45, 2.75) is 0 Å². The van der Waals surface area contributed by atoms with Gasteiger partial charge in [-0.1, -0.05) is 12.1 Å². The summed E-state index contributed by atoms with van der Waals surface area (Å²) in [6, 6.07) is 9.40. The van der Waals surface area contributed by atoms with E-state index in [2.05, 4.69) is 15.3 Å². The molecule has 1 aliphatic heterocycles. The fourth-order valence-corrected chi connectivity index (χ4v) is 2.09. The number of ether oxygens (including phenoxy) is 1. The Morgan fingerprint density at radius 3 is 2.90 bits per heavy atom. The number of carbonyl (C=O) groups is 1. The summed E-state index contributed by atoms with van der Waals surface area (Å²) in [5.74, 6) is 0.981. The average Bonchev–Trinajstić information content (AvgIpc) is 2.48. The van der Waals surface area contributed by atoms with E-state index in [1.165, 1.54) is 0 Å². The highest BCUT2D eigenvalue weighted by Gasteiger charge is 2.19. The lowest BCUT2D eigenvalue weighted by molar-refractivity contribution is -0.115. The number of rotatable bonds is 3. The maximum atomic E-state index is 12.0. The second kappa shape index (κ2) is 5.56. The minimum Gasteiger partial charge on any atom is -0.490 e. The van der Waals surface area contributed by atoms with E-state index in [-0.39, 0.29) is 12.5 Å². The molecule has 2 heterocycles. The Morgan fingerprint density at radius 1 is 1.25 bits per heavy atom. The van der Waals surface area contributed by atoms with Crippen molar-refractivity contribution in [3.05, 3.63) is 42.7 Å². The quantitative estimate of drug-likeness (QED) is 0.911. The van der Waals surface area contributed by atoms with Crippen molar-refractivity contribution in [1.29, 1.82) is 0 Å². The van der Waals surface area contributed by atoms with Crippen LogP contribution in [0.25, 0.3) is 0 Å². The molecule has 0 saturated heterocycles. The predicted octanol–water partition coefficient (Wildman–Crippen LogP) is 1.31. The second-order valence-electron chi connectivity index (χ2n) is 4.36. The van der Waals surface area contributed by atoms with Crippen LogP contribution in [0.1, 0.15) is 0 Å². The van der Waals surface area contributed by atoms with Crippen LogP contribution < -0.4 is 15.0 Å². The molecule has 0 spiro atoms. The van der Waals surface area contributed by atoms with E-state index in [0.717, 1.165) is 11.4 Å². The number of benzene rings is 1. The lowest BCUT2D eigenvalue weighted by atomic mass is 10.2. The molecule has 0 bridgehead atoms. The molecule has 0 saturated carbocycles. The Kier molecular flexibility index (Phi) is 3.45. The Labute approximate surface area is 116 Å². The van der Waals surface area contributed by atoms with Crippen molar-refractivity contribution in [2.24, 2.45) is 0 Å². The maximum Gasteiger partial charge on any atom is 0.246 e. The number of nitrogens with one attached hydrogen (secondary N) is 1. The number of carbonyl (C=O) groups excluding carboxylic acids is 1. The minimum absolute atomic E-state index is 0.145. The first-order valence-electron chi connectivity index (χ1n) is 6.36. The van der Waals surface area contributed by atoms with Gasteiger partial charge < -0.3 is 9.64 Å². The summed E-state index contributed by atoms with van der Waals surface area (Å²) in [5, 5.41) is 2.68. The number of fused-ring (bicyclic) bond motifs is 1. The zero-order chi connectivity index (χ0) is 13.8. The van der Waals surface area contributed by atoms with Crippen molar-refractivity contribution in [3.63, 3.8) is 0 Å². The number of amides is 1. The van der Waals surface area contributed by atoms with E-state index in [4.69, 9.17) is 4.74 Å². The van der Waals surface area contributed by atoms with E-state index in [1.54, 1.807) is 18.5 Å². The van der Waals surface area contributed by atoms with Gasteiger partial charge in [-0.3, -0.25) is 10.1 Å². The second-order valence-corrected chi connectivity index (χ2v) is 4.36. The number of hydrogen-bond acceptors (Lipinski definition) is 5. The van der Waals surface area contributed by atoms with Crippen LogP contribution in [-0.2, 0) is 4.79 Å². The van der Waals surface area contributed by atoms with Gasteiger partial charge in [-0.05, 0) is 18.2 Å². The van der Waals surface area contributed by atoms with Crippen molar-refractivity contribution < 1.29 is 9.53 Å². The topological polar surface area (TPSA) is 67.3 Å². The van der Waals surface area contributed by atoms with E-state index < -0.39 is 0 Å². The van der Waals surface area contributed by atoms with Gasteiger partial charge in [-0.25, -0.2) is 9.97 Å². The molecule has 102 valence electrons. The van der Waals surface area contributed by atoms with Crippen LogP contribution in [0.15, 0.2) is 42.7 Å². The molecule has 6 heteroatoms. The van der Waals surface area contributed by atoms with Crippen LogP contribution in [0, 0.1) is 0 Å². The molecule has 1 aromatic heterocycles. The molecule has 0 unspecified atom stereocenters. The first-order valence-corrected chi connectivity index (χ1v) is 6.36. The van der Waals surface area contributed by atoms with Gasteiger partial charge in [0, 0.05) is 12.4 Å². The summed E-state index contributed by atoms with van der Waals surface area (Å²) in [6.45, 7) is 1.50. The Hall–Kier alpha value is -2.63. The third-order valence-corrected chi connectivity index (χ3v) is 2.98. The molecule has 20 heavy (non-hydrogen) atoms. The largest absolute Gasteiger partial charge is 0.490 e. The smallest absolute Gasteiger partial charge is 0.246 e. The molecule has 0 fully saturated rings. The average molecular weight is 270 g/mol. The van der Waals surface area contributed by atoms with Crippen LogP contribution >= 0.6 is 0 Å². The fourth-order valence-electron chi connectivity index (χ4n) is 2.09. The van der Waals surface area contributed by atoms with Gasteiger partial charge in [0.05, 0.1) is 18.8 Å². The summed E-state index contributed by atoms with van der Waals surface area (Å²) >= 11 is 0. The van der Waals surface area contributed by atoms with Crippen molar-refractivity contribution in [3.8, 4) is 5.75 Å². The van der Waals surface area contributed by atoms with Gasteiger partial charge in [0.15, 0.2) is 0 Å². The molecule has 6 nitrogen and oxygen atoms in total. The Bertz CT molecular complexity index is 603. The lowest BCUT2D eigenvalue weighted by Gasteiger charge is -2.30. The van der Waals surface area contributed by atoms with Crippen molar-refractivity contribution >= 4 is 17.5 Å². The minimum atomic E-state index is -0.145. The van der Waals surface area contributed by atoms with Gasteiger partial charge in [0.2, 0.25) is 11.9 Å². The number of hydrogen-bond donors (Lipinski definition) is 1. The molecule has 1 aliphatic rings. The molecular formula is C14H14N4O2. The standard InChI is InChI=1S/C14H14N4O2/c19-13(17-14-15-6-3-7-16-14)10-18-8-9-20-12-5-2-1-4-11(12)18/h1-7H,8-10H2,(H,15,16,17,19). The maximum absolute atomic E-state index is 12.0. The van der Waals surface area contributed by atoms with Crippen LogP contribution in [0.2, 0.25) is 0 Å². The summed E-state index contributed by atoms with van der Waals surface area (Å²) < 4.78 is 5.56. The van der Waals surface area contributed by atoms with E-state index >= 15 is 0 Å².